The van der Waals surface area contributed by atoms with E-state index >= 15 is 0 Å². The van der Waals surface area contributed by atoms with E-state index < -0.39 is 6.29 Å². The SMILES string of the molecule is CC(=O)NCc1ccc([C@@H]2O[C@H](CN3CC[C@H](O)C3)[C@H](C)[C@H](c3ccc(CO)cc3)O2)cc1. The summed E-state index contributed by atoms with van der Waals surface area (Å²) in [4.78, 5) is 13.4. The molecule has 7 nitrogen and oxygen atoms in total. The van der Waals surface area contributed by atoms with Crippen molar-refractivity contribution in [1.29, 1.82) is 0 Å². The van der Waals surface area contributed by atoms with E-state index in [0.717, 1.165) is 41.8 Å². The van der Waals surface area contributed by atoms with E-state index in [4.69, 9.17) is 9.47 Å². The molecule has 0 bridgehead atoms. The predicted octanol–water partition coefficient (Wildman–Crippen LogP) is 2.67. The molecule has 2 aliphatic heterocycles. The number of benzene rings is 2. The Kier molecular flexibility index (Phi) is 7.78. The van der Waals surface area contributed by atoms with Crippen LogP contribution < -0.4 is 5.32 Å². The van der Waals surface area contributed by atoms with Crippen molar-refractivity contribution in [2.45, 2.75) is 58.0 Å². The summed E-state index contributed by atoms with van der Waals surface area (Å²) in [7, 11) is 0. The molecule has 0 spiro atoms. The molecular weight excluding hydrogens is 420 g/mol. The third-order valence-electron chi connectivity index (χ3n) is 6.60. The highest BCUT2D eigenvalue weighted by Gasteiger charge is 2.39. The standard InChI is InChI=1S/C26H34N2O5/c1-17-24(15-28-12-11-23(31)14-28)32-26(22-9-3-19(4-10-22)13-27-18(2)30)33-25(17)21-7-5-20(16-29)6-8-21/h3-10,17,23-26,29,31H,11-16H2,1-2H3,(H,27,30)/t17-,23-,24+,25+,26+/m0/s1. The predicted molar refractivity (Wildman–Crippen MR) is 124 cm³/mol. The number of likely N-dealkylation sites (tertiary alicyclic amines) is 1. The van der Waals surface area contributed by atoms with Crippen LogP contribution in [0.5, 0.6) is 0 Å². The minimum absolute atomic E-state index is 0.0117. The van der Waals surface area contributed by atoms with Gasteiger partial charge in [0.15, 0.2) is 6.29 Å². The number of carbonyl (C=O) groups is 1. The molecule has 2 aromatic carbocycles. The molecule has 178 valence electrons. The number of nitrogens with one attached hydrogen (secondary N) is 1. The van der Waals surface area contributed by atoms with Gasteiger partial charge in [0.2, 0.25) is 5.91 Å². The van der Waals surface area contributed by atoms with Gasteiger partial charge >= 0.3 is 0 Å². The molecule has 1 amide bonds. The van der Waals surface area contributed by atoms with Crippen molar-refractivity contribution in [3.05, 3.63) is 70.8 Å². The van der Waals surface area contributed by atoms with Gasteiger partial charge in [-0.3, -0.25) is 9.69 Å². The Balaban J connectivity index is 1.54. The van der Waals surface area contributed by atoms with Crippen LogP contribution in [0.3, 0.4) is 0 Å². The van der Waals surface area contributed by atoms with Gasteiger partial charge in [0.25, 0.3) is 0 Å². The normalized spacial score (nSPS) is 28.1. The summed E-state index contributed by atoms with van der Waals surface area (Å²) in [5, 5.41) is 22.2. The Morgan fingerprint density at radius 2 is 1.73 bits per heavy atom. The van der Waals surface area contributed by atoms with Crippen molar-refractivity contribution in [2.75, 3.05) is 19.6 Å². The van der Waals surface area contributed by atoms with Crippen LogP contribution in [0.4, 0.5) is 0 Å². The lowest BCUT2D eigenvalue weighted by atomic mass is 9.90. The van der Waals surface area contributed by atoms with E-state index in [2.05, 4.69) is 17.1 Å². The van der Waals surface area contributed by atoms with Crippen LogP contribution >= 0.6 is 0 Å². The third kappa shape index (κ3) is 5.99. The largest absolute Gasteiger partial charge is 0.392 e. The first kappa shape index (κ1) is 23.9. The van der Waals surface area contributed by atoms with E-state index in [9.17, 15) is 15.0 Å². The lowest BCUT2D eigenvalue weighted by Gasteiger charge is -2.42. The smallest absolute Gasteiger partial charge is 0.217 e. The van der Waals surface area contributed by atoms with Gasteiger partial charge < -0.3 is 25.0 Å². The first-order valence-corrected chi connectivity index (χ1v) is 11.7. The summed E-state index contributed by atoms with van der Waals surface area (Å²) in [5.41, 5.74) is 3.86. The van der Waals surface area contributed by atoms with Crippen molar-refractivity contribution in [3.8, 4) is 0 Å². The molecule has 4 rings (SSSR count). The van der Waals surface area contributed by atoms with Gasteiger partial charge in [-0.1, -0.05) is 55.5 Å². The van der Waals surface area contributed by atoms with Crippen LogP contribution in [0.15, 0.2) is 48.5 Å². The second kappa shape index (κ2) is 10.8. The number of hydrogen-bond acceptors (Lipinski definition) is 6. The van der Waals surface area contributed by atoms with Crippen molar-refractivity contribution < 1.29 is 24.5 Å². The number of aliphatic hydroxyl groups excluding tert-OH is 2. The van der Waals surface area contributed by atoms with Crippen molar-refractivity contribution in [1.82, 2.24) is 10.2 Å². The Bertz CT molecular complexity index is 917. The van der Waals surface area contributed by atoms with Gasteiger partial charge in [0, 0.05) is 44.6 Å². The number of β-amino-alcohol motifs (C(OH)–C–C–N with tert-alkyl or cyclic N) is 1. The van der Waals surface area contributed by atoms with E-state index in [1.54, 1.807) is 0 Å². The number of nitrogens with zero attached hydrogens (tertiary/aromatic N) is 1. The van der Waals surface area contributed by atoms with Crippen LogP contribution in [-0.4, -0.2) is 52.9 Å². The zero-order valence-corrected chi connectivity index (χ0v) is 19.3. The molecule has 0 unspecified atom stereocenters. The quantitative estimate of drug-likeness (QED) is 0.596. The lowest BCUT2D eigenvalue weighted by Crippen LogP contribution is -2.44. The van der Waals surface area contributed by atoms with Gasteiger partial charge in [-0.05, 0) is 23.1 Å². The molecule has 3 N–H and O–H groups in total. The fourth-order valence-corrected chi connectivity index (χ4v) is 4.58. The fraction of sp³-hybridized carbons (Fsp3) is 0.500. The monoisotopic (exact) mass is 454 g/mol. The average Bonchev–Trinajstić information content (AvgIpc) is 3.24. The molecule has 2 aromatic rings. The molecule has 0 radical (unpaired) electrons. The Labute approximate surface area is 195 Å². The van der Waals surface area contributed by atoms with Crippen molar-refractivity contribution >= 4 is 5.91 Å². The first-order valence-electron chi connectivity index (χ1n) is 11.7. The molecule has 33 heavy (non-hydrogen) atoms. The van der Waals surface area contributed by atoms with E-state index in [-0.39, 0.29) is 36.7 Å². The number of carbonyl (C=O) groups excluding carboxylic acids is 1. The molecular formula is C26H34N2O5. The third-order valence-corrected chi connectivity index (χ3v) is 6.60. The second-order valence-electron chi connectivity index (χ2n) is 9.18. The van der Waals surface area contributed by atoms with Crippen LogP contribution in [0.2, 0.25) is 0 Å². The summed E-state index contributed by atoms with van der Waals surface area (Å²) >= 11 is 0. The molecule has 0 saturated carbocycles. The lowest BCUT2D eigenvalue weighted by molar-refractivity contribution is -0.276. The van der Waals surface area contributed by atoms with E-state index in [1.807, 2.05) is 48.5 Å². The van der Waals surface area contributed by atoms with Gasteiger partial charge in [-0.2, -0.15) is 0 Å². The summed E-state index contributed by atoms with van der Waals surface area (Å²) in [6.45, 7) is 6.43. The van der Waals surface area contributed by atoms with Crippen LogP contribution in [0, 0.1) is 5.92 Å². The van der Waals surface area contributed by atoms with Crippen LogP contribution in [-0.2, 0) is 27.4 Å². The number of rotatable bonds is 7. The minimum Gasteiger partial charge on any atom is -0.392 e. The Morgan fingerprint density at radius 1 is 1.06 bits per heavy atom. The summed E-state index contributed by atoms with van der Waals surface area (Å²) < 4.78 is 12.9. The first-order chi connectivity index (χ1) is 15.9. The topological polar surface area (TPSA) is 91.3 Å². The van der Waals surface area contributed by atoms with Gasteiger partial charge in [0.05, 0.1) is 24.9 Å². The zero-order valence-electron chi connectivity index (χ0n) is 19.3. The van der Waals surface area contributed by atoms with Crippen LogP contribution in [0.1, 0.15) is 54.9 Å². The Hall–Kier alpha value is -2.29. The van der Waals surface area contributed by atoms with Gasteiger partial charge in [0.1, 0.15) is 0 Å². The highest BCUT2D eigenvalue weighted by atomic mass is 16.7. The molecule has 7 heteroatoms. The second-order valence-corrected chi connectivity index (χ2v) is 9.18. The molecule has 5 atom stereocenters. The highest BCUT2D eigenvalue weighted by molar-refractivity contribution is 5.72. The molecule has 2 fully saturated rings. The Morgan fingerprint density at radius 3 is 2.33 bits per heavy atom. The van der Waals surface area contributed by atoms with Gasteiger partial charge in [-0.15, -0.1) is 0 Å². The molecule has 0 aromatic heterocycles. The van der Waals surface area contributed by atoms with E-state index in [1.165, 1.54) is 6.92 Å². The number of hydrogen-bond donors (Lipinski definition) is 3. The molecule has 2 heterocycles. The van der Waals surface area contributed by atoms with Crippen LogP contribution in [0.25, 0.3) is 0 Å². The van der Waals surface area contributed by atoms with Crippen molar-refractivity contribution in [3.63, 3.8) is 0 Å². The maximum Gasteiger partial charge on any atom is 0.217 e. The molecule has 2 aliphatic rings. The number of ether oxygens (including phenoxy) is 2. The number of amides is 1. The molecule has 2 saturated heterocycles. The van der Waals surface area contributed by atoms with Gasteiger partial charge in [-0.25, -0.2) is 0 Å². The maximum absolute atomic E-state index is 11.2. The average molecular weight is 455 g/mol. The zero-order chi connectivity index (χ0) is 23.4. The van der Waals surface area contributed by atoms with E-state index in [0.29, 0.717) is 13.1 Å². The maximum atomic E-state index is 11.2. The number of aliphatic hydroxyl groups is 2. The van der Waals surface area contributed by atoms with Crippen molar-refractivity contribution in [2.24, 2.45) is 5.92 Å². The summed E-state index contributed by atoms with van der Waals surface area (Å²) in [6, 6.07) is 15.8. The molecule has 0 aliphatic carbocycles. The fourth-order valence-electron chi connectivity index (χ4n) is 4.58. The summed E-state index contributed by atoms with van der Waals surface area (Å²) in [6.07, 6.45) is -0.211. The highest BCUT2D eigenvalue weighted by Crippen LogP contribution is 2.42. The summed E-state index contributed by atoms with van der Waals surface area (Å²) in [5.74, 6) is 0.0509. The minimum atomic E-state index is -0.518.